The Kier molecular flexibility index (Phi) is 4.67. The van der Waals surface area contributed by atoms with Crippen LogP contribution in [0, 0.1) is 5.82 Å². The number of aryl methyl sites for hydroxylation is 3. The maximum atomic E-state index is 14.6. The van der Waals surface area contributed by atoms with Crippen LogP contribution in [0.3, 0.4) is 0 Å². The van der Waals surface area contributed by atoms with Gasteiger partial charge in [0, 0.05) is 48.0 Å². The molecule has 6 rings (SSSR count). The molecule has 2 atom stereocenters. The van der Waals surface area contributed by atoms with Gasteiger partial charge in [0.15, 0.2) is 5.82 Å². The van der Waals surface area contributed by atoms with Crippen LogP contribution in [-0.4, -0.2) is 29.5 Å². The van der Waals surface area contributed by atoms with Gasteiger partial charge in [0.1, 0.15) is 17.6 Å². The highest BCUT2D eigenvalue weighted by Gasteiger charge is 2.37. The van der Waals surface area contributed by atoms with E-state index < -0.39 is 11.9 Å². The fourth-order valence-electron chi connectivity index (χ4n) is 5.26. The SMILES string of the molecule is CCn1nc2c3c1-c1cnc(N)c(n1)O[C@H](C)c1c(ccc(F)c1Cl)-c1nn(C)cc1C3CC2. The minimum atomic E-state index is -0.658. The van der Waals surface area contributed by atoms with Crippen molar-refractivity contribution in [3.63, 3.8) is 0 Å². The maximum absolute atomic E-state index is 14.6. The van der Waals surface area contributed by atoms with E-state index in [2.05, 4.69) is 11.9 Å². The monoisotopic (exact) mass is 479 g/mol. The number of halogens is 2. The molecule has 174 valence electrons. The van der Waals surface area contributed by atoms with Gasteiger partial charge in [0.05, 0.1) is 28.3 Å². The normalized spacial score (nSPS) is 18.4. The summed E-state index contributed by atoms with van der Waals surface area (Å²) in [7, 11) is 1.89. The summed E-state index contributed by atoms with van der Waals surface area (Å²) in [6, 6.07) is 3.08. The summed E-state index contributed by atoms with van der Waals surface area (Å²) in [5.41, 5.74) is 12.9. The minimum Gasteiger partial charge on any atom is -0.467 e. The van der Waals surface area contributed by atoms with Crippen molar-refractivity contribution in [3.8, 4) is 28.5 Å². The summed E-state index contributed by atoms with van der Waals surface area (Å²) in [5, 5.41) is 9.67. The van der Waals surface area contributed by atoms with Gasteiger partial charge in [0.25, 0.3) is 5.88 Å². The number of rotatable bonds is 1. The number of anilines is 1. The van der Waals surface area contributed by atoms with Gasteiger partial charge in [-0.25, -0.2) is 14.4 Å². The third-order valence-electron chi connectivity index (χ3n) is 6.71. The van der Waals surface area contributed by atoms with Crippen molar-refractivity contribution in [2.75, 3.05) is 5.73 Å². The van der Waals surface area contributed by atoms with E-state index in [0.29, 0.717) is 17.8 Å². The molecule has 0 spiro atoms. The van der Waals surface area contributed by atoms with E-state index >= 15 is 0 Å². The van der Waals surface area contributed by atoms with E-state index in [4.69, 9.17) is 37.3 Å². The summed E-state index contributed by atoms with van der Waals surface area (Å²) in [6.07, 6.45) is 4.75. The Morgan fingerprint density at radius 2 is 2.09 bits per heavy atom. The van der Waals surface area contributed by atoms with Crippen molar-refractivity contribution in [1.29, 1.82) is 0 Å². The first-order valence-corrected chi connectivity index (χ1v) is 11.7. The predicted octanol–water partition coefficient (Wildman–Crippen LogP) is 4.67. The minimum absolute atomic E-state index is 0.00653. The van der Waals surface area contributed by atoms with Gasteiger partial charge in [-0.3, -0.25) is 9.36 Å². The molecule has 0 radical (unpaired) electrons. The van der Waals surface area contributed by atoms with E-state index in [0.717, 1.165) is 46.6 Å². The highest BCUT2D eigenvalue weighted by Crippen LogP contribution is 2.48. The zero-order chi connectivity index (χ0) is 23.7. The van der Waals surface area contributed by atoms with E-state index in [1.54, 1.807) is 23.9 Å². The van der Waals surface area contributed by atoms with Crippen LogP contribution in [0.4, 0.5) is 10.2 Å². The van der Waals surface area contributed by atoms with Gasteiger partial charge in [-0.1, -0.05) is 11.6 Å². The topological polar surface area (TPSA) is 96.7 Å². The lowest BCUT2D eigenvalue weighted by Crippen LogP contribution is -2.13. The first kappa shape index (κ1) is 21.1. The molecule has 1 aliphatic heterocycles. The maximum Gasteiger partial charge on any atom is 0.258 e. The molecule has 1 unspecified atom stereocenters. The van der Waals surface area contributed by atoms with E-state index in [1.807, 2.05) is 17.9 Å². The molecule has 3 aromatic heterocycles. The summed E-state index contributed by atoms with van der Waals surface area (Å²) in [6.45, 7) is 4.53. The first-order valence-electron chi connectivity index (χ1n) is 11.3. The fourth-order valence-corrected chi connectivity index (χ4v) is 5.58. The second kappa shape index (κ2) is 7.53. The van der Waals surface area contributed by atoms with Crippen LogP contribution in [0.25, 0.3) is 22.6 Å². The number of aromatic nitrogens is 6. The first-order chi connectivity index (χ1) is 16.4. The molecule has 10 heteroatoms. The highest BCUT2D eigenvalue weighted by atomic mass is 35.5. The third kappa shape index (κ3) is 2.96. The lowest BCUT2D eigenvalue weighted by atomic mass is 9.88. The Labute approximate surface area is 200 Å². The molecule has 1 aliphatic carbocycles. The molecule has 0 fully saturated rings. The standard InChI is InChI=1S/C24H23ClFN7O/c1-4-33-22-17-9-28-23(27)24(29-17)34-11(2)18-13(5-7-15(26)20(18)25)21-14(10-32(3)31-21)12-6-8-16(30-33)19(12)22/h5,7,9-12H,4,6,8H2,1-3H3,(H2,27,28)/t11-,12?/m1/s1. The molecule has 1 aromatic carbocycles. The molecule has 0 amide bonds. The Morgan fingerprint density at radius 3 is 2.88 bits per heavy atom. The van der Waals surface area contributed by atoms with Crippen LogP contribution in [0.15, 0.2) is 24.5 Å². The van der Waals surface area contributed by atoms with Gasteiger partial charge in [-0.05, 0) is 38.8 Å². The average Bonchev–Trinajstić information content (AvgIpc) is 3.49. The molecular formula is C24H23ClFN7O. The molecule has 8 nitrogen and oxygen atoms in total. The number of fused-ring (bicyclic) bond motifs is 7. The van der Waals surface area contributed by atoms with Crippen LogP contribution in [0.1, 0.15) is 54.7 Å². The molecule has 4 heterocycles. The molecule has 2 bridgehead atoms. The molecule has 0 saturated carbocycles. The molecule has 34 heavy (non-hydrogen) atoms. The molecule has 4 aromatic rings. The quantitative estimate of drug-likeness (QED) is 0.426. The molecular weight excluding hydrogens is 457 g/mol. The largest absolute Gasteiger partial charge is 0.467 e. The lowest BCUT2D eigenvalue weighted by Gasteiger charge is -2.22. The summed E-state index contributed by atoms with van der Waals surface area (Å²) >= 11 is 6.51. The Morgan fingerprint density at radius 1 is 1.26 bits per heavy atom. The zero-order valence-electron chi connectivity index (χ0n) is 19.0. The molecule has 2 N–H and O–H groups in total. The van der Waals surface area contributed by atoms with Crippen molar-refractivity contribution < 1.29 is 9.13 Å². The fraction of sp³-hybridized carbons (Fsp3) is 0.333. The van der Waals surface area contributed by atoms with Gasteiger partial charge >= 0.3 is 0 Å². The van der Waals surface area contributed by atoms with Gasteiger partial charge in [-0.15, -0.1) is 0 Å². The number of ether oxygens (including phenoxy) is 1. The summed E-state index contributed by atoms with van der Waals surface area (Å²) in [5.74, 6) is -0.159. The Balaban J connectivity index is 1.72. The highest BCUT2D eigenvalue weighted by molar-refractivity contribution is 6.32. The number of hydrogen-bond acceptors (Lipinski definition) is 6. The molecule has 0 saturated heterocycles. The van der Waals surface area contributed by atoms with Gasteiger partial charge < -0.3 is 10.5 Å². The van der Waals surface area contributed by atoms with Crippen LogP contribution >= 0.6 is 11.6 Å². The van der Waals surface area contributed by atoms with Crippen molar-refractivity contribution >= 4 is 17.4 Å². The van der Waals surface area contributed by atoms with Crippen LogP contribution in [0.5, 0.6) is 5.88 Å². The van der Waals surface area contributed by atoms with E-state index in [9.17, 15) is 4.39 Å². The Bertz CT molecular complexity index is 1460. The zero-order valence-corrected chi connectivity index (χ0v) is 19.8. The third-order valence-corrected chi connectivity index (χ3v) is 7.09. The molecule has 2 aliphatic rings. The number of nitrogen functional groups attached to an aromatic ring is 1. The van der Waals surface area contributed by atoms with Crippen LogP contribution in [-0.2, 0) is 20.0 Å². The lowest BCUT2D eigenvalue weighted by molar-refractivity contribution is 0.218. The van der Waals surface area contributed by atoms with E-state index in [-0.39, 0.29) is 22.6 Å². The van der Waals surface area contributed by atoms with Crippen molar-refractivity contribution in [3.05, 3.63) is 57.8 Å². The number of benzene rings is 1. The van der Waals surface area contributed by atoms with Crippen molar-refractivity contribution in [2.24, 2.45) is 7.05 Å². The van der Waals surface area contributed by atoms with Crippen LogP contribution in [0.2, 0.25) is 5.02 Å². The second-order valence-electron chi connectivity index (χ2n) is 8.75. The average molecular weight is 480 g/mol. The van der Waals surface area contributed by atoms with Crippen molar-refractivity contribution in [2.45, 2.75) is 45.3 Å². The second-order valence-corrected chi connectivity index (χ2v) is 9.13. The van der Waals surface area contributed by atoms with Gasteiger partial charge in [-0.2, -0.15) is 10.2 Å². The number of hydrogen-bond donors (Lipinski definition) is 1. The van der Waals surface area contributed by atoms with Gasteiger partial charge in [0.2, 0.25) is 0 Å². The van der Waals surface area contributed by atoms with Crippen molar-refractivity contribution in [1.82, 2.24) is 29.5 Å². The smallest absolute Gasteiger partial charge is 0.258 e. The van der Waals surface area contributed by atoms with Crippen LogP contribution < -0.4 is 10.5 Å². The number of nitrogens with two attached hydrogens (primary N) is 1. The van der Waals surface area contributed by atoms with E-state index in [1.165, 1.54) is 6.07 Å². The summed E-state index contributed by atoms with van der Waals surface area (Å²) in [4.78, 5) is 9.10. The number of nitrogens with zero attached hydrogens (tertiary/aromatic N) is 6. The predicted molar refractivity (Wildman–Crippen MR) is 126 cm³/mol. The summed E-state index contributed by atoms with van der Waals surface area (Å²) < 4.78 is 24.5. The Hall–Kier alpha value is -3.46.